The Morgan fingerprint density at radius 3 is 2.95 bits per heavy atom. The van der Waals surface area contributed by atoms with Crippen LogP contribution in [0.1, 0.15) is 24.1 Å². The SMILES string of the molecule is O=C(NCc1cccs1)C1CC(=O)N(C2CCOCC2)C1. The monoisotopic (exact) mass is 308 g/mol. The first kappa shape index (κ1) is 14.5. The van der Waals surface area contributed by atoms with E-state index in [0.29, 0.717) is 32.7 Å². The van der Waals surface area contributed by atoms with Gasteiger partial charge in [0.2, 0.25) is 11.8 Å². The van der Waals surface area contributed by atoms with E-state index in [1.807, 2.05) is 22.4 Å². The van der Waals surface area contributed by atoms with Crippen molar-refractivity contribution < 1.29 is 14.3 Å². The Bertz CT molecular complexity index is 497. The summed E-state index contributed by atoms with van der Waals surface area (Å²) in [6.45, 7) is 2.53. The summed E-state index contributed by atoms with van der Waals surface area (Å²) in [7, 11) is 0. The van der Waals surface area contributed by atoms with Gasteiger partial charge in [-0.1, -0.05) is 6.07 Å². The van der Waals surface area contributed by atoms with Crippen LogP contribution in [-0.2, 0) is 20.9 Å². The van der Waals surface area contributed by atoms with Gasteiger partial charge in [-0.3, -0.25) is 9.59 Å². The molecule has 0 aromatic carbocycles. The highest BCUT2D eigenvalue weighted by Gasteiger charge is 2.38. The molecule has 3 heterocycles. The van der Waals surface area contributed by atoms with Gasteiger partial charge in [-0.25, -0.2) is 0 Å². The minimum atomic E-state index is -0.208. The van der Waals surface area contributed by atoms with Crippen molar-refractivity contribution in [3.8, 4) is 0 Å². The number of likely N-dealkylation sites (tertiary alicyclic amines) is 1. The largest absolute Gasteiger partial charge is 0.381 e. The van der Waals surface area contributed by atoms with Crippen molar-refractivity contribution in [3.05, 3.63) is 22.4 Å². The van der Waals surface area contributed by atoms with Crippen molar-refractivity contribution in [2.24, 2.45) is 5.92 Å². The van der Waals surface area contributed by atoms with Crippen molar-refractivity contribution in [2.75, 3.05) is 19.8 Å². The highest BCUT2D eigenvalue weighted by Crippen LogP contribution is 2.25. The number of ether oxygens (including phenoxy) is 1. The molecule has 1 N–H and O–H groups in total. The molecule has 6 heteroatoms. The molecular formula is C15H20N2O3S. The number of rotatable bonds is 4. The zero-order valence-corrected chi connectivity index (χ0v) is 12.7. The number of nitrogens with one attached hydrogen (secondary N) is 1. The number of carbonyl (C=O) groups excluding carboxylic acids is 2. The third-order valence-corrected chi connectivity index (χ3v) is 5.05. The summed E-state index contributed by atoms with van der Waals surface area (Å²) in [5, 5.41) is 4.93. The lowest BCUT2D eigenvalue weighted by atomic mass is 10.1. The molecule has 1 unspecified atom stereocenters. The lowest BCUT2D eigenvalue weighted by Crippen LogP contribution is -2.41. The summed E-state index contributed by atoms with van der Waals surface area (Å²) >= 11 is 1.63. The molecule has 2 amide bonds. The van der Waals surface area contributed by atoms with E-state index >= 15 is 0 Å². The van der Waals surface area contributed by atoms with Crippen molar-refractivity contribution in [1.29, 1.82) is 0 Å². The number of amides is 2. The Morgan fingerprint density at radius 2 is 2.24 bits per heavy atom. The molecule has 2 aliphatic rings. The fourth-order valence-electron chi connectivity index (χ4n) is 2.99. The van der Waals surface area contributed by atoms with Crippen molar-refractivity contribution in [2.45, 2.75) is 31.8 Å². The summed E-state index contributed by atoms with van der Waals surface area (Å²) < 4.78 is 5.33. The molecule has 1 aromatic rings. The molecule has 0 radical (unpaired) electrons. The maximum atomic E-state index is 12.2. The van der Waals surface area contributed by atoms with Gasteiger partial charge in [0.25, 0.3) is 0 Å². The number of nitrogens with zero attached hydrogens (tertiary/aromatic N) is 1. The van der Waals surface area contributed by atoms with E-state index in [0.717, 1.165) is 17.7 Å². The van der Waals surface area contributed by atoms with Gasteiger partial charge < -0.3 is 15.0 Å². The van der Waals surface area contributed by atoms with Crippen LogP contribution in [0, 0.1) is 5.92 Å². The van der Waals surface area contributed by atoms with E-state index in [-0.39, 0.29) is 23.8 Å². The lowest BCUT2D eigenvalue weighted by molar-refractivity contribution is -0.131. The number of carbonyl (C=O) groups is 2. The molecule has 0 bridgehead atoms. The number of hydrogen-bond donors (Lipinski definition) is 1. The van der Waals surface area contributed by atoms with Crippen LogP contribution in [0.15, 0.2) is 17.5 Å². The van der Waals surface area contributed by atoms with Gasteiger partial charge in [0.05, 0.1) is 12.5 Å². The second-order valence-electron chi connectivity index (χ2n) is 5.59. The minimum Gasteiger partial charge on any atom is -0.381 e. The van der Waals surface area contributed by atoms with Crippen molar-refractivity contribution >= 4 is 23.2 Å². The maximum Gasteiger partial charge on any atom is 0.225 e. The van der Waals surface area contributed by atoms with E-state index in [4.69, 9.17) is 4.74 Å². The Hall–Kier alpha value is -1.40. The minimum absolute atomic E-state index is 0.00805. The maximum absolute atomic E-state index is 12.2. The number of thiophene rings is 1. The molecular weight excluding hydrogens is 288 g/mol. The molecule has 3 rings (SSSR count). The van der Waals surface area contributed by atoms with E-state index < -0.39 is 0 Å². The topological polar surface area (TPSA) is 58.6 Å². The van der Waals surface area contributed by atoms with E-state index in [1.165, 1.54) is 0 Å². The summed E-state index contributed by atoms with van der Waals surface area (Å²) in [5.41, 5.74) is 0. The zero-order chi connectivity index (χ0) is 14.7. The van der Waals surface area contributed by atoms with Gasteiger partial charge in [-0.2, -0.15) is 0 Å². The Labute approximate surface area is 128 Å². The Morgan fingerprint density at radius 1 is 1.43 bits per heavy atom. The summed E-state index contributed by atoms with van der Waals surface area (Å²) in [6, 6.07) is 4.22. The van der Waals surface area contributed by atoms with E-state index in [9.17, 15) is 9.59 Å². The predicted molar refractivity (Wildman–Crippen MR) is 79.8 cm³/mol. The lowest BCUT2D eigenvalue weighted by Gasteiger charge is -2.31. The third-order valence-electron chi connectivity index (χ3n) is 4.18. The van der Waals surface area contributed by atoms with Crippen LogP contribution >= 0.6 is 11.3 Å². The predicted octanol–water partition coefficient (Wildman–Crippen LogP) is 1.39. The van der Waals surface area contributed by atoms with Crippen LogP contribution in [0.5, 0.6) is 0 Å². The van der Waals surface area contributed by atoms with Gasteiger partial charge in [-0.15, -0.1) is 11.3 Å². The third kappa shape index (κ3) is 3.44. The fraction of sp³-hybridized carbons (Fsp3) is 0.600. The zero-order valence-electron chi connectivity index (χ0n) is 11.9. The molecule has 0 spiro atoms. The van der Waals surface area contributed by atoms with Crippen LogP contribution in [0.3, 0.4) is 0 Å². The van der Waals surface area contributed by atoms with Gasteiger partial charge in [-0.05, 0) is 24.3 Å². The van der Waals surface area contributed by atoms with Crippen molar-refractivity contribution in [1.82, 2.24) is 10.2 Å². The molecule has 5 nitrogen and oxygen atoms in total. The van der Waals surface area contributed by atoms with E-state index in [2.05, 4.69) is 5.32 Å². The normalized spacial score (nSPS) is 23.5. The molecule has 0 aliphatic carbocycles. The summed E-state index contributed by atoms with van der Waals surface area (Å²) in [6.07, 6.45) is 2.11. The first-order chi connectivity index (χ1) is 10.2. The summed E-state index contributed by atoms with van der Waals surface area (Å²) in [5.74, 6) is -0.107. The highest BCUT2D eigenvalue weighted by atomic mass is 32.1. The van der Waals surface area contributed by atoms with Crippen LogP contribution in [0.4, 0.5) is 0 Å². The molecule has 1 atom stereocenters. The molecule has 2 fully saturated rings. The quantitative estimate of drug-likeness (QED) is 0.914. The van der Waals surface area contributed by atoms with Gasteiger partial charge >= 0.3 is 0 Å². The molecule has 21 heavy (non-hydrogen) atoms. The Balaban J connectivity index is 1.52. The Kier molecular flexibility index (Phi) is 4.55. The van der Waals surface area contributed by atoms with Crippen LogP contribution in [-0.4, -0.2) is 42.5 Å². The van der Waals surface area contributed by atoms with Gasteiger partial charge in [0.15, 0.2) is 0 Å². The van der Waals surface area contributed by atoms with Crippen LogP contribution in [0.25, 0.3) is 0 Å². The second-order valence-corrected chi connectivity index (χ2v) is 6.62. The molecule has 114 valence electrons. The van der Waals surface area contributed by atoms with Crippen molar-refractivity contribution in [3.63, 3.8) is 0 Å². The molecule has 1 aromatic heterocycles. The summed E-state index contributed by atoms with van der Waals surface area (Å²) in [4.78, 5) is 27.4. The standard InChI is InChI=1S/C15H20N2O3S/c18-14-8-11(10-17(14)12-3-5-20-6-4-12)15(19)16-9-13-2-1-7-21-13/h1-2,7,11-12H,3-6,8-10H2,(H,16,19). The van der Waals surface area contributed by atoms with Crippen LogP contribution in [0.2, 0.25) is 0 Å². The average Bonchev–Trinajstić information content (AvgIpc) is 3.15. The van der Waals surface area contributed by atoms with Gasteiger partial charge in [0, 0.05) is 37.1 Å². The first-order valence-electron chi connectivity index (χ1n) is 7.41. The molecule has 2 saturated heterocycles. The fourth-order valence-corrected chi connectivity index (χ4v) is 3.63. The highest BCUT2D eigenvalue weighted by molar-refractivity contribution is 7.09. The van der Waals surface area contributed by atoms with Gasteiger partial charge in [0.1, 0.15) is 0 Å². The van der Waals surface area contributed by atoms with Crippen LogP contribution < -0.4 is 5.32 Å². The first-order valence-corrected chi connectivity index (χ1v) is 8.29. The van der Waals surface area contributed by atoms with E-state index in [1.54, 1.807) is 11.3 Å². The second kappa shape index (κ2) is 6.58. The molecule has 2 aliphatic heterocycles. The molecule has 0 saturated carbocycles. The number of hydrogen-bond acceptors (Lipinski definition) is 4. The smallest absolute Gasteiger partial charge is 0.225 e. The average molecular weight is 308 g/mol.